The van der Waals surface area contributed by atoms with Crippen molar-refractivity contribution >= 4 is 10.0 Å². The summed E-state index contributed by atoms with van der Waals surface area (Å²) in [6.45, 7) is 4.92. The van der Waals surface area contributed by atoms with E-state index in [2.05, 4.69) is 10.0 Å². The van der Waals surface area contributed by atoms with Crippen molar-refractivity contribution in [1.82, 2.24) is 10.0 Å². The van der Waals surface area contributed by atoms with Crippen LogP contribution in [-0.2, 0) is 16.6 Å². The lowest BCUT2D eigenvalue weighted by Gasteiger charge is -2.12. The second kappa shape index (κ2) is 6.14. The summed E-state index contributed by atoms with van der Waals surface area (Å²) in [5.41, 5.74) is 1.82. The Hall–Kier alpha value is -0.910. The Balaban J connectivity index is 3.09. The van der Waals surface area contributed by atoms with Crippen LogP contribution in [0.5, 0.6) is 0 Å². The van der Waals surface area contributed by atoms with Gasteiger partial charge in [-0.05, 0) is 37.6 Å². The minimum Gasteiger partial charge on any atom is -0.316 e. The predicted molar refractivity (Wildman–Crippen MR) is 69.4 cm³/mol. The lowest BCUT2D eigenvalue weighted by molar-refractivity contribution is 0.580. The van der Waals surface area contributed by atoms with Gasteiger partial charge in [0.25, 0.3) is 0 Å². The molecule has 0 heterocycles. The zero-order chi connectivity index (χ0) is 12.9. The van der Waals surface area contributed by atoms with Gasteiger partial charge >= 0.3 is 0 Å². The SMILES string of the molecule is CCCNS(=O)(=O)c1cccc(CNC)c1C. The fourth-order valence-electron chi connectivity index (χ4n) is 1.65. The second-order valence-electron chi connectivity index (χ2n) is 3.97. The molecule has 0 unspecified atom stereocenters. The third-order valence-electron chi connectivity index (χ3n) is 2.60. The molecule has 0 saturated heterocycles. The van der Waals surface area contributed by atoms with Gasteiger partial charge in [-0.15, -0.1) is 0 Å². The van der Waals surface area contributed by atoms with Crippen LogP contribution in [0, 0.1) is 6.92 Å². The highest BCUT2D eigenvalue weighted by atomic mass is 32.2. The minimum atomic E-state index is -3.37. The molecule has 0 aliphatic carbocycles. The van der Waals surface area contributed by atoms with Crippen LogP contribution in [0.1, 0.15) is 24.5 Å². The average molecular weight is 256 g/mol. The third-order valence-corrected chi connectivity index (χ3v) is 4.20. The van der Waals surface area contributed by atoms with E-state index in [4.69, 9.17) is 0 Å². The van der Waals surface area contributed by atoms with E-state index in [1.165, 1.54) is 0 Å². The second-order valence-corrected chi connectivity index (χ2v) is 5.70. The van der Waals surface area contributed by atoms with E-state index in [-0.39, 0.29) is 0 Å². The van der Waals surface area contributed by atoms with Gasteiger partial charge in [0, 0.05) is 13.1 Å². The van der Waals surface area contributed by atoms with E-state index < -0.39 is 10.0 Å². The Labute approximate surface area is 103 Å². The van der Waals surface area contributed by atoms with Crippen LogP contribution >= 0.6 is 0 Å². The maximum atomic E-state index is 12.0. The molecule has 0 aliphatic rings. The standard InChI is InChI=1S/C12H20N2O2S/c1-4-8-14-17(15,16)12-7-5-6-11(9-13-3)10(12)2/h5-7,13-14H,4,8-9H2,1-3H3. The van der Waals surface area contributed by atoms with Crippen LogP contribution in [0.15, 0.2) is 23.1 Å². The van der Waals surface area contributed by atoms with Crippen molar-refractivity contribution in [3.63, 3.8) is 0 Å². The Kier molecular flexibility index (Phi) is 5.11. The Morgan fingerprint density at radius 3 is 2.59 bits per heavy atom. The summed E-state index contributed by atoms with van der Waals surface area (Å²) in [6, 6.07) is 5.36. The molecular weight excluding hydrogens is 236 g/mol. The molecule has 1 aromatic rings. The highest BCUT2D eigenvalue weighted by Crippen LogP contribution is 2.18. The molecule has 0 saturated carbocycles. The van der Waals surface area contributed by atoms with Gasteiger partial charge in [0.1, 0.15) is 0 Å². The van der Waals surface area contributed by atoms with E-state index in [9.17, 15) is 8.42 Å². The van der Waals surface area contributed by atoms with Crippen LogP contribution < -0.4 is 10.0 Å². The summed E-state index contributed by atoms with van der Waals surface area (Å²) in [5.74, 6) is 0. The molecule has 0 radical (unpaired) electrons. The van der Waals surface area contributed by atoms with E-state index in [0.717, 1.165) is 17.5 Å². The van der Waals surface area contributed by atoms with E-state index in [0.29, 0.717) is 18.0 Å². The maximum absolute atomic E-state index is 12.0. The van der Waals surface area contributed by atoms with Crippen LogP contribution in [0.2, 0.25) is 0 Å². The highest BCUT2D eigenvalue weighted by Gasteiger charge is 2.17. The number of nitrogens with one attached hydrogen (secondary N) is 2. The van der Waals surface area contributed by atoms with E-state index in [1.54, 1.807) is 12.1 Å². The number of sulfonamides is 1. The topological polar surface area (TPSA) is 58.2 Å². The Morgan fingerprint density at radius 2 is 2.00 bits per heavy atom. The Bertz CT molecular complexity index is 469. The van der Waals surface area contributed by atoms with Gasteiger partial charge in [0.05, 0.1) is 4.90 Å². The van der Waals surface area contributed by atoms with Crippen molar-refractivity contribution in [2.24, 2.45) is 0 Å². The molecule has 0 fully saturated rings. The molecule has 0 atom stereocenters. The zero-order valence-electron chi connectivity index (χ0n) is 10.6. The molecule has 0 bridgehead atoms. The monoisotopic (exact) mass is 256 g/mol. The van der Waals surface area contributed by atoms with Crippen molar-refractivity contribution < 1.29 is 8.42 Å². The molecule has 5 heteroatoms. The first-order valence-corrected chi connectivity index (χ1v) is 7.24. The van der Waals surface area contributed by atoms with Crippen LogP contribution in [0.4, 0.5) is 0 Å². The summed E-state index contributed by atoms with van der Waals surface area (Å²) in [4.78, 5) is 0.374. The molecule has 2 N–H and O–H groups in total. The van der Waals surface area contributed by atoms with Gasteiger partial charge in [-0.25, -0.2) is 13.1 Å². The van der Waals surface area contributed by atoms with Gasteiger partial charge in [-0.1, -0.05) is 19.1 Å². The molecule has 0 spiro atoms. The van der Waals surface area contributed by atoms with Crippen LogP contribution in [-0.4, -0.2) is 22.0 Å². The highest BCUT2D eigenvalue weighted by molar-refractivity contribution is 7.89. The third kappa shape index (κ3) is 3.52. The summed E-state index contributed by atoms with van der Waals surface area (Å²) in [5, 5.41) is 3.03. The summed E-state index contributed by atoms with van der Waals surface area (Å²) >= 11 is 0. The van der Waals surface area contributed by atoms with Crippen LogP contribution in [0.25, 0.3) is 0 Å². The van der Waals surface area contributed by atoms with Gasteiger partial charge in [0.15, 0.2) is 0 Å². The first kappa shape index (κ1) is 14.2. The summed E-state index contributed by atoms with van der Waals surface area (Å²) in [7, 11) is -1.53. The fourth-order valence-corrected chi connectivity index (χ4v) is 3.07. The largest absolute Gasteiger partial charge is 0.316 e. The summed E-state index contributed by atoms with van der Waals surface area (Å²) < 4.78 is 26.7. The molecular formula is C12H20N2O2S. The number of hydrogen-bond acceptors (Lipinski definition) is 3. The van der Waals surface area contributed by atoms with Crippen molar-refractivity contribution in [3.8, 4) is 0 Å². The van der Waals surface area contributed by atoms with Gasteiger partial charge in [0.2, 0.25) is 10.0 Å². The molecule has 0 aromatic heterocycles. The molecule has 17 heavy (non-hydrogen) atoms. The molecule has 96 valence electrons. The summed E-state index contributed by atoms with van der Waals surface area (Å²) in [6.07, 6.45) is 0.786. The average Bonchev–Trinajstić information content (AvgIpc) is 2.29. The smallest absolute Gasteiger partial charge is 0.240 e. The minimum absolute atomic E-state index is 0.374. The number of hydrogen-bond donors (Lipinski definition) is 2. The zero-order valence-corrected chi connectivity index (χ0v) is 11.4. The normalized spacial score (nSPS) is 11.7. The molecule has 1 rings (SSSR count). The van der Waals surface area contributed by atoms with Crippen molar-refractivity contribution in [1.29, 1.82) is 0 Å². The lowest BCUT2D eigenvalue weighted by atomic mass is 10.1. The van der Waals surface area contributed by atoms with Gasteiger partial charge in [-0.3, -0.25) is 0 Å². The quantitative estimate of drug-likeness (QED) is 0.809. The lowest BCUT2D eigenvalue weighted by Crippen LogP contribution is -2.25. The van der Waals surface area contributed by atoms with Gasteiger partial charge in [-0.2, -0.15) is 0 Å². The fraction of sp³-hybridized carbons (Fsp3) is 0.500. The van der Waals surface area contributed by atoms with Crippen molar-refractivity contribution in [2.75, 3.05) is 13.6 Å². The first-order valence-electron chi connectivity index (χ1n) is 5.75. The molecule has 4 nitrogen and oxygen atoms in total. The first-order chi connectivity index (χ1) is 8.03. The van der Waals surface area contributed by atoms with Crippen molar-refractivity contribution in [2.45, 2.75) is 31.7 Å². The Morgan fingerprint density at radius 1 is 1.29 bits per heavy atom. The number of rotatable bonds is 6. The van der Waals surface area contributed by atoms with Gasteiger partial charge < -0.3 is 5.32 Å². The molecule has 1 aromatic carbocycles. The number of benzene rings is 1. The van der Waals surface area contributed by atoms with Crippen LogP contribution in [0.3, 0.4) is 0 Å². The maximum Gasteiger partial charge on any atom is 0.240 e. The molecule has 0 amide bonds. The molecule has 0 aliphatic heterocycles. The van der Waals surface area contributed by atoms with E-state index >= 15 is 0 Å². The van der Waals surface area contributed by atoms with Crippen molar-refractivity contribution in [3.05, 3.63) is 29.3 Å². The predicted octanol–water partition coefficient (Wildman–Crippen LogP) is 1.40. The van der Waals surface area contributed by atoms with E-state index in [1.807, 2.05) is 27.0 Å².